The van der Waals surface area contributed by atoms with Gasteiger partial charge in [0.25, 0.3) is 0 Å². The minimum absolute atomic E-state index is 0.220. The van der Waals surface area contributed by atoms with Crippen LogP contribution in [0.25, 0.3) is 0 Å². The maximum absolute atomic E-state index is 5.94. The van der Waals surface area contributed by atoms with Crippen LogP contribution in [0.1, 0.15) is 65.0 Å². The number of ether oxygens (including phenoxy) is 1. The third-order valence-electron chi connectivity index (χ3n) is 4.51. The molecular formula is C19H31NO. The lowest BCUT2D eigenvalue weighted by Gasteiger charge is -2.28. The molecule has 1 N–H and O–H groups in total. The minimum atomic E-state index is 0.220. The van der Waals surface area contributed by atoms with E-state index in [9.17, 15) is 0 Å². The van der Waals surface area contributed by atoms with Gasteiger partial charge in [-0.15, -0.1) is 0 Å². The third-order valence-corrected chi connectivity index (χ3v) is 4.51. The first-order valence-corrected chi connectivity index (χ1v) is 8.55. The van der Waals surface area contributed by atoms with Crippen molar-refractivity contribution in [1.82, 2.24) is 5.32 Å². The molecule has 1 saturated carbocycles. The van der Waals surface area contributed by atoms with Gasteiger partial charge in [0.15, 0.2) is 0 Å². The van der Waals surface area contributed by atoms with Crippen molar-refractivity contribution in [3.8, 4) is 5.75 Å². The second-order valence-corrected chi connectivity index (χ2v) is 6.97. The molecule has 0 heterocycles. The van der Waals surface area contributed by atoms with Crippen LogP contribution in [0, 0.1) is 11.8 Å². The van der Waals surface area contributed by atoms with Crippen LogP contribution >= 0.6 is 0 Å². The lowest BCUT2D eigenvalue weighted by Crippen LogP contribution is -2.29. The van der Waals surface area contributed by atoms with Gasteiger partial charge in [-0.1, -0.05) is 38.0 Å². The Labute approximate surface area is 130 Å². The van der Waals surface area contributed by atoms with Crippen molar-refractivity contribution in [2.24, 2.45) is 11.8 Å². The second kappa shape index (κ2) is 7.84. The van der Waals surface area contributed by atoms with Crippen LogP contribution in [0.15, 0.2) is 24.3 Å². The highest BCUT2D eigenvalue weighted by atomic mass is 16.5. The van der Waals surface area contributed by atoms with E-state index in [0.717, 1.165) is 24.1 Å². The molecule has 3 atom stereocenters. The first kappa shape index (κ1) is 16.4. The lowest BCUT2D eigenvalue weighted by atomic mass is 9.82. The van der Waals surface area contributed by atoms with E-state index in [1.54, 1.807) is 0 Å². The van der Waals surface area contributed by atoms with Crippen LogP contribution in [-0.4, -0.2) is 12.6 Å². The van der Waals surface area contributed by atoms with Crippen LogP contribution < -0.4 is 10.1 Å². The maximum Gasteiger partial charge on any atom is 0.124 e. The van der Waals surface area contributed by atoms with Crippen molar-refractivity contribution < 1.29 is 4.74 Å². The predicted molar refractivity (Wildman–Crippen MR) is 89.7 cm³/mol. The molecule has 0 saturated heterocycles. The van der Waals surface area contributed by atoms with Gasteiger partial charge >= 0.3 is 0 Å². The highest BCUT2D eigenvalue weighted by Crippen LogP contribution is 2.30. The molecule has 3 unspecified atom stereocenters. The van der Waals surface area contributed by atoms with Crippen molar-refractivity contribution in [3.05, 3.63) is 29.8 Å². The van der Waals surface area contributed by atoms with Gasteiger partial charge in [-0.25, -0.2) is 0 Å². The first-order chi connectivity index (χ1) is 10.1. The van der Waals surface area contributed by atoms with E-state index in [1.165, 1.54) is 31.2 Å². The van der Waals surface area contributed by atoms with Crippen molar-refractivity contribution in [3.63, 3.8) is 0 Å². The molecule has 1 aliphatic carbocycles. The molecule has 1 aromatic carbocycles. The summed E-state index contributed by atoms with van der Waals surface area (Å²) in [6.07, 6.45) is 5.79. The predicted octanol–water partition coefficient (Wildman–Crippen LogP) is 4.95. The van der Waals surface area contributed by atoms with Gasteiger partial charge in [-0.2, -0.15) is 0 Å². The maximum atomic E-state index is 5.94. The van der Waals surface area contributed by atoms with Gasteiger partial charge in [-0.3, -0.25) is 0 Å². The molecular weight excluding hydrogens is 258 g/mol. The van der Waals surface area contributed by atoms with Gasteiger partial charge in [-0.05, 0) is 58.1 Å². The summed E-state index contributed by atoms with van der Waals surface area (Å²) in [6.45, 7) is 9.92. The second-order valence-electron chi connectivity index (χ2n) is 6.97. The molecule has 1 fully saturated rings. The number of hydrogen-bond acceptors (Lipinski definition) is 2. The molecule has 2 rings (SSSR count). The SMILES string of the molecule is CC1CCCC(CNC(C)c2ccccc2OC(C)C)C1. The van der Waals surface area contributed by atoms with E-state index in [1.807, 2.05) is 0 Å². The standard InChI is InChI=1S/C19H31NO/c1-14(2)21-19-11-6-5-10-18(19)16(4)20-13-17-9-7-8-15(3)12-17/h5-6,10-11,14-17,20H,7-9,12-13H2,1-4H3. The molecule has 1 aromatic rings. The first-order valence-electron chi connectivity index (χ1n) is 8.55. The van der Waals surface area contributed by atoms with E-state index >= 15 is 0 Å². The van der Waals surface area contributed by atoms with Crippen molar-refractivity contribution in [1.29, 1.82) is 0 Å². The smallest absolute Gasteiger partial charge is 0.124 e. The largest absolute Gasteiger partial charge is 0.491 e. The molecule has 0 aromatic heterocycles. The molecule has 21 heavy (non-hydrogen) atoms. The molecule has 0 amide bonds. The summed E-state index contributed by atoms with van der Waals surface area (Å²) in [6, 6.07) is 8.76. The van der Waals surface area contributed by atoms with E-state index in [0.29, 0.717) is 6.04 Å². The number of rotatable bonds is 6. The Balaban J connectivity index is 1.92. The molecule has 118 valence electrons. The van der Waals surface area contributed by atoms with E-state index in [2.05, 4.69) is 57.3 Å². The summed E-state index contributed by atoms with van der Waals surface area (Å²) in [7, 11) is 0. The third kappa shape index (κ3) is 5.03. The monoisotopic (exact) mass is 289 g/mol. The van der Waals surface area contributed by atoms with Gasteiger partial charge in [0, 0.05) is 11.6 Å². The Bertz CT molecular complexity index is 429. The van der Waals surface area contributed by atoms with Crippen LogP contribution in [0.2, 0.25) is 0 Å². The van der Waals surface area contributed by atoms with Crippen LogP contribution in [0.3, 0.4) is 0 Å². The topological polar surface area (TPSA) is 21.3 Å². The Morgan fingerprint density at radius 2 is 1.95 bits per heavy atom. The molecule has 2 nitrogen and oxygen atoms in total. The summed E-state index contributed by atoms with van der Waals surface area (Å²) in [4.78, 5) is 0. The van der Waals surface area contributed by atoms with Crippen molar-refractivity contribution in [2.75, 3.05) is 6.54 Å². The van der Waals surface area contributed by atoms with Gasteiger partial charge in [0.2, 0.25) is 0 Å². The zero-order chi connectivity index (χ0) is 15.2. The molecule has 0 bridgehead atoms. The lowest BCUT2D eigenvalue weighted by molar-refractivity contribution is 0.236. The van der Waals surface area contributed by atoms with Gasteiger partial charge in [0.05, 0.1) is 6.10 Å². The van der Waals surface area contributed by atoms with Crippen molar-refractivity contribution in [2.45, 2.75) is 65.5 Å². The van der Waals surface area contributed by atoms with Gasteiger partial charge in [0.1, 0.15) is 5.75 Å². The summed E-state index contributed by atoms with van der Waals surface area (Å²) in [5, 5.41) is 3.72. The molecule has 0 aliphatic heterocycles. The normalized spacial score (nSPS) is 24.0. The quantitative estimate of drug-likeness (QED) is 0.800. The summed E-state index contributed by atoms with van der Waals surface area (Å²) >= 11 is 0. The van der Waals surface area contributed by atoms with E-state index in [-0.39, 0.29) is 6.10 Å². The molecule has 2 heteroatoms. The molecule has 0 radical (unpaired) electrons. The number of nitrogens with one attached hydrogen (secondary N) is 1. The Morgan fingerprint density at radius 1 is 1.19 bits per heavy atom. The average Bonchev–Trinajstić information content (AvgIpc) is 2.45. The van der Waals surface area contributed by atoms with Crippen molar-refractivity contribution >= 4 is 0 Å². The van der Waals surface area contributed by atoms with Gasteiger partial charge < -0.3 is 10.1 Å². The summed E-state index contributed by atoms with van der Waals surface area (Å²) < 4.78 is 5.94. The summed E-state index contributed by atoms with van der Waals surface area (Å²) in [5.41, 5.74) is 1.27. The Morgan fingerprint density at radius 3 is 2.67 bits per heavy atom. The fourth-order valence-corrected chi connectivity index (χ4v) is 3.40. The van der Waals surface area contributed by atoms with E-state index in [4.69, 9.17) is 4.74 Å². The van der Waals surface area contributed by atoms with Crippen LogP contribution in [0.4, 0.5) is 0 Å². The van der Waals surface area contributed by atoms with Crippen LogP contribution in [-0.2, 0) is 0 Å². The van der Waals surface area contributed by atoms with Crippen LogP contribution in [0.5, 0.6) is 5.75 Å². The minimum Gasteiger partial charge on any atom is -0.491 e. The highest BCUT2D eigenvalue weighted by Gasteiger charge is 2.20. The fourth-order valence-electron chi connectivity index (χ4n) is 3.40. The number of para-hydroxylation sites is 1. The number of hydrogen-bond donors (Lipinski definition) is 1. The summed E-state index contributed by atoms with van der Waals surface area (Å²) in [5.74, 6) is 2.76. The zero-order valence-electron chi connectivity index (χ0n) is 14.1. The Hall–Kier alpha value is -1.02. The molecule has 1 aliphatic rings. The zero-order valence-corrected chi connectivity index (χ0v) is 14.1. The number of benzene rings is 1. The fraction of sp³-hybridized carbons (Fsp3) is 0.684. The average molecular weight is 289 g/mol. The highest BCUT2D eigenvalue weighted by molar-refractivity contribution is 5.35. The Kier molecular flexibility index (Phi) is 6.10. The van der Waals surface area contributed by atoms with E-state index < -0.39 is 0 Å². The molecule has 0 spiro atoms.